The first-order chi connectivity index (χ1) is 16.4. The minimum atomic E-state index is -0.684. The Morgan fingerprint density at radius 2 is 1.85 bits per heavy atom. The van der Waals surface area contributed by atoms with Crippen molar-refractivity contribution in [1.29, 1.82) is 0 Å². The quantitative estimate of drug-likeness (QED) is 0.358. The first-order valence-electron chi connectivity index (χ1n) is 11.1. The van der Waals surface area contributed by atoms with Crippen LogP contribution in [0.2, 0.25) is 0 Å². The minimum Gasteiger partial charge on any atom is -0.479 e. The number of thiazole rings is 1. The molecule has 1 aliphatic heterocycles. The van der Waals surface area contributed by atoms with Gasteiger partial charge in [0.25, 0.3) is 5.91 Å². The molecule has 0 aliphatic carbocycles. The van der Waals surface area contributed by atoms with Crippen LogP contribution < -0.4 is 9.64 Å². The van der Waals surface area contributed by atoms with Crippen molar-refractivity contribution in [1.82, 2.24) is 9.97 Å². The summed E-state index contributed by atoms with van der Waals surface area (Å²) >= 11 is 1.57. The fourth-order valence-electron chi connectivity index (χ4n) is 4.13. The van der Waals surface area contributed by atoms with E-state index in [2.05, 4.69) is 4.98 Å². The van der Waals surface area contributed by atoms with Gasteiger partial charge in [0.2, 0.25) is 0 Å². The number of amides is 1. The molecule has 0 fully saturated rings. The second-order valence-electron chi connectivity index (χ2n) is 8.20. The van der Waals surface area contributed by atoms with Gasteiger partial charge in [-0.1, -0.05) is 36.4 Å². The fourth-order valence-corrected chi connectivity index (χ4v) is 5.04. The zero-order valence-corrected chi connectivity index (χ0v) is 19.9. The maximum absolute atomic E-state index is 13.2. The summed E-state index contributed by atoms with van der Waals surface area (Å²) in [4.78, 5) is 38.3. The number of pyridine rings is 1. The molecule has 2 atom stereocenters. The summed E-state index contributed by atoms with van der Waals surface area (Å²) in [6.07, 6.45) is 1.07. The van der Waals surface area contributed by atoms with Crippen molar-refractivity contribution in [3.05, 3.63) is 83.4 Å². The Bertz CT molecular complexity index is 1370. The van der Waals surface area contributed by atoms with Gasteiger partial charge >= 0.3 is 0 Å². The number of fused-ring (bicyclic) bond motifs is 1. The smallest absolute Gasteiger partial charge is 0.268 e. The molecule has 2 aromatic heterocycles. The molecule has 1 amide bonds. The Hall–Kier alpha value is -3.84. The lowest BCUT2D eigenvalue weighted by Crippen LogP contribution is -2.51. The second-order valence-corrected chi connectivity index (χ2v) is 9.40. The van der Waals surface area contributed by atoms with E-state index < -0.39 is 12.1 Å². The zero-order valence-electron chi connectivity index (χ0n) is 19.1. The van der Waals surface area contributed by atoms with Crippen molar-refractivity contribution < 1.29 is 14.3 Å². The van der Waals surface area contributed by atoms with Gasteiger partial charge in [0.15, 0.2) is 11.9 Å². The maximum Gasteiger partial charge on any atom is 0.268 e. The SMILES string of the molecule is Cc1sc(-c2ccccn2)nc1-c1ccc2c(c1)N(C(C)C(=O)c1ccccc1)C(=O)C(C)O2. The van der Waals surface area contributed by atoms with Crippen molar-refractivity contribution in [2.24, 2.45) is 0 Å². The summed E-state index contributed by atoms with van der Waals surface area (Å²) in [5.74, 6) is 0.202. The summed E-state index contributed by atoms with van der Waals surface area (Å²) in [5.41, 5.74) is 3.63. The molecular weight excluding hydrogens is 446 g/mol. The van der Waals surface area contributed by atoms with Gasteiger partial charge < -0.3 is 4.74 Å². The van der Waals surface area contributed by atoms with Gasteiger partial charge in [-0.25, -0.2) is 4.98 Å². The van der Waals surface area contributed by atoms with Crippen LogP contribution in [0.1, 0.15) is 29.1 Å². The number of carbonyl (C=O) groups is 2. The predicted octanol–water partition coefficient (Wildman–Crippen LogP) is 5.57. The number of Topliss-reactive ketones (excluding diaryl/α,β-unsaturated/α-hetero) is 1. The Morgan fingerprint density at radius 1 is 1.09 bits per heavy atom. The zero-order chi connectivity index (χ0) is 23.8. The summed E-state index contributed by atoms with van der Waals surface area (Å²) < 4.78 is 5.88. The molecule has 3 heterocycles. The van der Waals surface area contributed by atoms with Crippen molar-refractivity contribution in [3.63, 3.8) is 0 Å². The van der Waals surface area contributed by atoms with Crippen LogP contribution in [0.15, 0.2) is 72.9 Å². The van der Waals surface area contributed by atoms with E-state index in [0.29, 0.717) is 17.0 Å². The van der Waals surface area contributed by atoms with Crippen LogP contribution in [0.3, 0.4) is 0 Å². The molecule has 4 aromatic rings. The van der Waals surface area contributed by atoms with Crippen LogP contribution in [0.4, 0.5) is 5.69 Å². The van der Waals surface area contributed by atoms with Gasteiger partial charge in [0.1, 0.15) is 10.8 Å². The first kappa shape index (κ1) is 22.0. The first-order valence-corrected chi connectivity index (χ1v) is 11.9. The van der Waals surface area contributed by atoms with Gasteiger partial charge in [-0.15, -0.1) is 11.3 Å². The average molecular weight is 470 g/mol. The summed E-state index contributed by atoms with van der Waals surface area (Å²) in [6.45, 7) is 5.48. The molecule has 0 spiro atoms. The topological polar surface area (TPSA) is 72.4 Å². The molecule has 2 aromatic carbocycles. The van der Waals surface area contributed by atoms with Crippen molar-refractivity contribution in [2.75, 3.05) is 4.90 Å². The van der Waals surface area contributed by atoms with E-state index >= 15 is 0 Å². The molecule has 0 radical (unpaired) electrons. The summed E-state index contributed by atoms with van der Waals surface area (Å²) in [7, 11) is 0. The molecule has 5 rings (SSSR count). The van der Waals surface area contributed by atoms with Crippen LogP contribution in [0, 0.1) is 6.92 Å². The number of nitrogens with zero attached hydrogens (tertiary/aromatic N) is 3. The lowest BCUT2D eigenvalue weighted by Gasteiger charge is -2.36. The Balaban J connectivity index is 1.56. The van der Waals surface area contributed by atoms with Crippen molar-refractivity contribution >= 4 is 28.7 Å². The average Bonchev–Trinajstić information content (AvgIpc) is 3.26. The highest BCUT2D eigenvalue weighted by molar-refractivity contribution is 7.15. The number of ketones is 1. The number of benzene rings is 2. The summed E-state index contributed by atoms with van der Waals surface area (Å²) in [6, 6.07) is 19.8. The van der Waals surface area contributed by atoms with Gasteiger partial charge in [-0.05, 0) is 51.1 Å². The molecule has 0 saturated carbocycles. The van der Waals surface area contributed by atoms with E-state index in [1.165, 1.54) is 0 Å². The Labute approximate surface area is 201 Å². The normalized spacial score (nSPS) is 16.0. The number of anilines is 1. The number of aromatic nitrogens is 2. The third-order valence-electron chi connectivity index (χ3n) is 5.89. The molecule has 0 saturated heterocycles. The third-order valence-corrected chi connectivity index (χ3v) is 6.88. The van der Waals surface area contributed by atoms with Crippen molar-refractivity contribution in [2.45, 2.75) is 32.9 Å². The highest BCUT2D eigenvalue weighted by atomic mass is 32.1. The largest absolute Gasteiger partial charge is 0.479 e. The molecule has 6 nitrogen and oxygen atoms in total. The maximum atomic E-state index is 13.2. The van der Waals surface area contributed by atoms with Crippen molar-refractivity contribution in [3.8, 4) is 27.7 Å². The van der Waals surface area contributed by atoms with Gasteiger partial charge in [-0.3, -0.25) is 19.5 Å². The van der Waals surface area contributed by atoms with Crippen LogP contribution in [-0.4, -0.2) is 33.8 Å². The Kier molecular flexibility index (Phi) is 5.71. The number of rotatable bonds is 5. The Morgan fingerprint density at radius 3 is 2.59 bits per heavy atom. The van der Waals surface area contributed by atoms with Crippen LogP contribution >= 0.6 is 11.3 Å². The third kappa shape index (κ3) is 3.88. The van der Waals surface area contributed by atoms with E-state index in [1.54, 1.807) is 48.4 Å². The summed E-state index contributed by atoms with van der Waals surface area (Å²) in [5, 5.41) is 0.830. The number of aryl methyl sites for hydroxylation is 1. The molecular formula is C27H23N3O3S. The highest BCUT2D eigenvalue weighted by Gasteiger charge is 2.37. The van der Waals surface area contributed by atoms with Crippen LogP contribution in [0.25, 0.3) is 22.0 Å². The molecule has 170 valence electrons. The highest BCUT2D eigenvalue weighted by Crippen LogP contribution is 2.41. The standard InChI is InChI=1S/C27H23N3O3S/c1-16(25(31)19-9-5-4-6-10-19)30-22-15-20(12-13-23(22)33-17(2)27(30)32)24-18(3)34-26(29-24)21-11-7-8-14-28-21/h4-17H,1-3H3. The number of hydrogen-bond acceptors (Lipinski definition) is 6. The fraction of sp³-hybridized carbons (Fsp3) is 0.185. The predicted molar refractivity (Wildman–Crippen MR) is 133 cm³/mol. The number of hydrogen-bond donors (Lipinski definition) is 0. The van der Waals surface area contributed by atoms with E-state index in [-0.39, 0.29) is 11.7 Å². The molecule has 34 heavy (non-hydrogen) atoms. The van der Waals surface area contributed by atoms with Crippen LogP contribution in [-0.2, 0) is 4.79 Å². The molecule has 7 heteroatoms. The number of ether oxygens (including phenoxy) is 1. The lowest BCUT2D eigenvalue weighted by molar-refractivity contribution is -0.125. The molecule has 0 bridgehead atoms. The number of carbonyl (C=O) groups excluding carboxylic acids is 2. The molecule has 0 N–H and O–H groups in total. The van der Waals surface area contributed by atoms with Gasteiger partial charge in [0.05, 0.1) is 23.1 Å². The van der Waals surface area contributed by atoms with E-state index in [1.807, 2.05) is 61.5 Å². The second kappa shape index (κ2) is 8.83. The van der Waals surface area contributed by atoms with E-state index in [9.17, 15) is 9.59 Å². The van der Waals surface area contributed by atoms with E-state index in [4.69, 9.17) is 9.72 Å². The van der Waals surface area contributed by atoms with E-state index in [0.717, 1.165) is 26.8 Å². The monoisotopic (exact) mass is 469 g/mol. The lowest BCUT2D eigenvalue weighted by atomic mass is 10.0. The molecule has 1 aliphatic rings. The van der Waals surface area contributed by atoms with Gasteiger partial charge in [-0.2, -0.15) is 0 Å². The van der Waals surface area contributed by atoms with Gasteiger partial charge in [0, 0.05) is 22.2 Å². The minimum absolute atomic E-state index is 0.123. The van der Waals surface area contributed by atoms with Crippen LogP contribution in [0.5, 0.6) is 5.75 Å². The molecule has 2 unspecified atom stereocenters.